The molecule has 4 nitrogen and oxygen atoms in total. The fraction of sp³-hybridized carbons (Fsp3) is 1.00. The summed E-state index contributed by atoms with van der Waals surface area (Å²) in [6, 6.07) is 0. The summed E-state index contributed by atoms with van der Waals surface area (Å²) in [6.45, 7) is 9.17. The van der Waals surface area contributed by atoms with Crippen molar-refractivity contribution in [3.05, 3.63) is 0 Å². The van der Waals surface area contributed by atoms with Crippen LogP contribution in [0.2, 0.25) is 0 Å². The van der Waals surface area contributed by atoms with Gasteiger partial charge >= 0.3 is 0 Å². The average molecular weight is 421 g/mol. The van der Waals surface area contributed by atoms with Crippen molar-refractivity contribution in [3.63, 3.8) is 0 Å². The molecular formula is C26H44O4. The van der Waals surface area contributed by atoms with E-state index in [1.165, 1.54) is 51.4 Å². The fourth-order valence-corrected chi connectivity index (χ4v) is 8.72. The maximum Gasteiger partial charge on any atom is 0.168 e. The first-order valence-corrected chi connectivity index (χ1v) is 12.8. The second-order valence-electron chi connectivity index (χ2n) is 13.0. The molecule has 10 atom stereocenters. The quantitative estimate of drug-likeness (QED) is 0.596. The molecule has 0 bridgehead atoms. The van der Waals surface area contributed by atoms with Gasteiger partial charge in [-0.05, 0) is 74.0 Å². The largest absolute Gasteiger partial charge is 0.392 e. The Balaban J connectivity index is 1.39. The van der Waals surface area contributed by atoms with Crippen LogP contribution in [-0.2, 0) is 9.47 Å². The highest BCUT2D eigenvalue weighted by molar-refractivity contribution is 5.07. The van der Waals surface area contributed by atoms with Gasteiger partial charge in [0.1, 0.15) is 0 Å². The molecule has 5 fully saturated rings. The zero-order valence-corrected chi connectivity index (χ0v) is 19.7. The summed E-state index contributed by atoms with van der Waals surface area (Å²) in [5.74, 6) is 1.28. The van der Waals surface area contributed by atoms with Crippen LogP contribution in [0.5, 0.6) is 0 Å². The van der Waals surface area contributed by atoms with Crippen molar-refractivity contribution in [2.45, 2.75) is 130 Å². The van der Waals surface area contributed by atoms with Crippen molar-refractivity contribution in [2.75, 3.05) is 0 Å². The molecule has 4 saturated carbocycles. The molecule has 0 amide bonds. The molecule has 0 aromatic heterocycles. The summed E-state index contributed by atoms with van der Waals surface area (Å²) in [4.78, 5) is 0. The predicted molar refractivity (Wildman–Crippen MR) is 117 cm³/mol. The fourth-order valence-electron chi connectivity index (χ4n) is 8.72. The van der Waals surface area contributed by atoms with Crippen LogP contribution >= 0.6 is 0 Å². The Labute approximate surface area is 183 Å². The van der Waals surface area contributed by atoms with Crippen molar-refractivity contribution in [1.29, 1.82) is 0 Å². The van der Waals surface area contributed by atoms with Gasteiger partial charge in [0.25, 0.3) is 0 Å². The second-order valence-corrected chi connectivity index (χ2v) is 13.0. The van der Waals surface area contributed by atoms with Crippen LogP contribution in [0.1, 0.15) is 105 Å². The third kappa shape index (κ3) is 3.15. The summed E-state index contributed by atoms with van der Waals surface area (Å²) < 4.78 is 13.0. The lowest BCUT2D eigenvalue weighted by Gasteiger charge is -2.62. The van der Waals surface area contributed by atoms with Gasteiger partial charge in [-0.2, -0.15) is 0 Å². The molecule has 5 rings (SSSR count). The monoisotopic (exact) mass is 420 g/mol. The lowest BCUT2D eigenvalue weighted by molar-refractivity contribution is -0.402. The zero-order chi connectivity index (χ0) is 21.4. The number of aliphatic hydroxyl groups is 2. The number of fused-ring (bicyclic) bond motifs is 3. The molecule has 0 spiro atoms. The highest BCUT2D eigenvalue weighted by Crippen LogP contribution is 2.62. The summed E-state index contributed by atoms with van der Waals surface area (Å²) in [7, 11) is 0. The summed E-state index contributed by atoms with van der Waals surface area (Å²) in [6.07, 6.45) is 12.2. The van der Waals surface area contributed by atoms with Crippen LogP contribution in [0, 0.1) is 33.5 Å². The maximum absolute atomic E-state index is 11.3. The number of hydrogen-bond donors (Lipinski definition) is 2. The summed E-state index contributed by atoms with van der Waals surface area (Å²) in [5.41, 5.74) is -0.273. The van der Waals surface area contributed by atoms with Crippen molar-refractivity contribution in [2.24, 2.45) is 33.5 Å². The van der Waals surface area contributed by atoms with Gasteiger partial charge in [-0.1, -0.05) is 53.4 Å². The number of hydrogen-bond acceptors (Lipinski definition) is 4. The van der Waals surface area contributed by atoms with Crippen molar-refractivity contribution in [1.82, 2.24) is 0 Å². The van der Waals surface area contributed by atoms with Crippen LogP contribution in [0.15, 0.2) is 0 Å². The van der Waals surface area contributed by atoms with E-state index in [1.807, 2.05) is 0 Å². The molecule has 5 aliphatic rings. The molecular weight excluding hydrogens is 376 g/mol. The van der Waals surface area contributed by atoms with Crippen LogP contribution in [0.25, 0.3) is 0 Å². The Hall–Kier alpha value is -0.160. The second kappa shape index (κ2) is 7.17. The van der Waals surface area contributed by atoms with E-state index in [9.17, 15) is 10.2 Å². The average Bonchev–Trinajstić information content (AvgIpc) is 2.68. The molecule has 0 unspecified atom stereocenters. The zero-order valence-electron chi connectivity index (χ0n) is 19.7. The molecule has 1 heterocycles. The van der Waals surface area contributed by atoms with Crippen LogP contribution in [-0.4, -0.2) is 35.0 Å². The Morgan fingerprint density at radius 3 is 1.90 bits per heavy atom. The van der Waals surface area contributed by atoms with Crippen molar-refractivity contribution in [3.8, 4) is 0 Å². The first kappa shape index (κ1) is 21.7. The molecule has 0 aromatic rings. The van der Waals surface area contributed by atoms with E-state index in [0.29, 0.717) is 17.3 Å². The lowest BCUT2D eigenvalue weighted by Crippen LogP contribution is -2.65. The highest BCUT2D eigenvalue weighted by Gasteiger charge is 2.62. The molecule has 4 heteroatoms. The highest BCUT2D eigenvalue weighted by atomic mass is 16.7. The Morgan fingerprint density at radius 1 is 0.700 bits per heavy atom. The lowest BCUT2D eigenvalue weighted by atomic mass is 9.51. The van der Waals surface area contributed by atoms with Gasteiger partial charge in [0.05, 0.1) is 12.2 Å². The van der Waals surface area contributed by atoms with Gasteiger partial charge in [0, 0.05) is 10.8 Å². The maximum atomic E-state index is 11.3. The normalized spacial score (nSPS) is 59.0. The third-order valence-electron chi connectivity index (χ3n) is 10.8. The smallest absolute Gasteiger partial charge is 0.168 e. The van der Waals surface area contributed by atoms with Crippen LogP contribution < -0.4 is 0 Å². The molecule has 1 saturated heterocycles. The van der Waals surface area contributed by atoms with E-state index < -0.39 is 24.1 Å². The van der Waals surface area contributed by atoms with E-state index in [0.717, 1.165) is 25.7 Å². The first-order valence-electron chi connectivity index (χ1n) is 12.8. The van der Waals surface area contributed by atoms with Gasteiger partial charge < -0.3 is 19.7 Å². The number of aliphatic hydroxyl groups excluding tert-OH is 2. The Bertz CT molecular complexity index is 667. The summed E-state index contributed by atoms with van der Waals surface area (Å²) >= 11 is 0. The molecule has 4 aliphatic carbocycles. The third-order valence-corrected chi connectivity index (χ3v) is 10.8. The minimum absolute atomic E-state index is 0.0170. The van der Waals surface area contributed by atoms with Gasteiger partial charge in [0.15, 0.2) is 12.6 Å². The van der Waals surface area contributed by atoms with Crippen LogP contribution in [0.4, 0.5) is 0 Å². The van der Waals surface area contributed by atoms with E-state index in [1.54, 1.807) is 0 Å². The standard InChI is InChI=1S/C26H44O4/c1-23-11-7-5-9-17(23)13-19(27)25(3,15-23)22-29-20-14-18-10-6-8-12-24(18,2)16-26(20,4)21(28)30-22/h17-22,27-28H,5-16H2,1-4H3/t17-,18+,19+,20-,21-,22-,23-,24+,25+,26-/m0/s1. The van der Waals surface area contributed by atoms with Gasteiger partial charge in [0.2, 0.25) is 0 Å². The topological polar surface area (TPSA) is 58.9 Å². The predicted octanol–water partition coefficient (Wildman–Crippen LogP) is 5.40. The SMILES string of the molecule is C[C@@]12CCCC[C@H]1C[C@@H](O)[C@](C)([C@H]1O[C@H]3C[C@H]4CCCC[C@]4(C)C[C@]3(C)[C@@H](O)O1)C2. The molecule has 2 N–H and O–H groups in total. The number of ether oxygens (including phenoxy) is 2. The van der Waals surface area contributed by atoms with E-state index in [4.69, 9.17) is 9.47 Å². The Morgan fingerprint density at radius 2 is 1.27 bits per heavy atom. The minimum atomic E-state index is -0.818. The molecule has 172 valence electrons. The number of rotatable bonds is 1. The molecule has 0 radical (unpaired) electrons. The minimum Gasteiger partial charge on any atom is -0.392 e. The van der Waals surface area contributed by atoms with Gasteiger partial charge in [-0.3, -0.25) is 0 Å². The summed E-state index contributed by atoms with van der Waals surface area (Å²) in [5, 5.41) is 22.6. The van der Waals surface area contributed by atoms with Crippen molar-refractivity contribution < 1.29 is 19.7 Å². The first-order chi connectivity index (χ1) is 14.1. The van der Waals surface area contributed by atoms with Gasteiger partial charge in [-0.25, -0.2) is 0 Å². The van der Waals surface area contributed by atoms with E-state index in [-0.39, 0.29) is 16.9 Å². The van der Waals surface area contributed by atoms with Gasteiger partial charge in [-0.15, -0.1) is 0 Å². The molecule has 0 aromatic carbocycles. The van der Waals surface area contributed by atoms with Crippen LogP contribution in [0.3, 0.4) is 0 Å². The Kier molecular flexibility index (Phi) is 5.18. The van der Waals surface area contributed by atoms with E-state index >= 15 is 0 Å². The molecule has 30 heavy (non-hydrogen) atoms. The van der Waals surface area contributed by atoms with E-state index in [2.05, 4.69) is 27.7 Å². The molecule has 1 aliphatic heterocycles. The van der Waals surface area contributed by atoms with Crippen molar-refractivity contribution >= 4 is 0 Å².